The summed E-state index contributed by atoms with van der Waals surface area (Å²) < 4.78 is 28.9. The molecule has 1 aromatic heterocycles. The molecule has 0 unspecified atom stereocenters. The summed E-state index contributed by atoms with van der Waals surface area (Å²) in [4.78, 5) is 21.5. The Morgan fingerprint density at radius 3 is 2.31 bits per heavy atom. The molecule has 2 aliphatic rings. The molecule has 200 valence electrons. The molecule has 0 amide bonds. The van der Waals surface area contributed by atoms with Gasteiger partial charge in [0.05, 0.1) is 44.1 Å². The van der Waals surface area contributed by atoms with Crippen LogP contribution >= 0.6 is 0 Å². The molecule has 9 nitrogen and oxygen atoms in total. The van der Waals surface area contributed by atoms with E-state index in [1.54, 1.807) is 38.5 Å². The highest BCUT2D eigenvalue weighted by Crippen LogP contribution is 2.69. The SMILES string of the molecule is COCc1nc2c(c(=O)[nH]1)[C@@H](c1ccccc1)[C@]1(c3ccc(OC)cc3)Oc3cc(OC)cc(OC)c3[C@]21O. The van der Waals surface area contributed by atoms with Gasteiger partial charge in [-0.25, -0.2) is 4.98 Å². The number of benzene rings is 3. The molecule has 0 bridgehead atoms. The van der Waals surface area contributed by atoms with Crippen molar-refractivity contribution in [2.24, 2.45) is 0 Å². The average molecular weight is 529 g/mol. The third kappa shape index (κ3) is 3.33. The quantitative estimate of drug-likeness (QED) is 0.374. The standard InChI is InChI=1S/C30H28N2O7/c1-35-16-23-31-27-24(28(33)32-23)25(17-8-6-5-7-9-17)30(18-10-12-19(36-2)13-11-18)29(27,34)26-21(38-4)14-20(37-3)15-22(26)39-30/h5-15,25,34H,16H2,1-4H3,(H,31,32,33)/t25-,29+,30+/m1/s1. The van der Waals surface area contributed by atoms with Gasteiger partial charge in [-0.3, -0.25) is 4.79 Å². The lowest BCUT2D eigenvalue weighted by atomic mass is 9.70. The van der Waals surface area contributed by atoms with Crippen molar-refractivity contribution in [1.29, 1.82) is 0 Å². The number of H-pyrrole nitrogens is 1. The van der Waals surface area contributed by atoms with Gasteiger partial charge in [0.2, 0.25) is 0 Å². The average Bonchev–Trinajstić information content (AvgIpc) is 3.36. The van der Waals surface area contributed by atoms with Crippen molar-refractivity contribution < 1.29 is 28.8 Å². The second kappa shape index (κ2) is 9.14. The zero-order valence-corrected chi connectivity index (χ0v) is 22.0. The lowest BCUT2D eigenvalue weighted by Crippen LogP contribution is -2.49. The zero-order chi connectivity index (χ0) is 27.4. The second-order valence-corrected chi connectivity index (χ2v) is 9.53. The van der Waals surface area contributed by atoms with Crippen molar-refractivity contribution in [3.05, 3.63) is 111 Å². The first-order valence-electron chi connectivity index (χ1n) is 12.4. The molecule has 1 aliphatic carbocycles. The molecular formula is C30H28N2O7. The van der Waals surface area contributed by atoms with Crippen molar-refractivity contribution in [2.75, 3.05) is 28.4 Å². The van der Waals surface area contributed by atoms with Crippen LogP contribution in [0.25, 0.3) is 0 Å². The van der Waals surface area contributed by atoms with E-state index in [0.717, 1.165) is 5.56 Å². The maximum atomic E-state index is 13.8. The Morgan fingerprint density at radius 1 is 0.949 bits per heavy atom. The van der Waals surface area contributed by atoms with Crippen LogP contribution in [-0.2, 0) is 22.5 Å². The molecule has 0 saturated carbocycles. The molecule has 2 heterocycles. The van der Waals surface area contributed by atoms with Crippen molar-refractivity contribution in [3.8, 4) is 23.0 Å². The van der Waals surface area contributed by atoms with Gasteiger partial charge in [0.1, 0.15) is 35.4 Å². The molecule has 6 rings (SSSR count). The van der Waals surface area contributed by atoms with E-state index in [4.69, 9.17) is 28.7 Å². The molecule has 0 radical (unpaired) electrons. The Bertz CT molecular complexity index is 1600. The maximum Gasteiger partial charge on any atom is 0.255 e. The largest absolute Gasteiger partial charge is 0.497 e. The predicted octanol–water partition coefficient (Wildman–Crippen LogP) is 3.61. The first-order chi connectivity index (χ1) is 18.9. The minimum atomic E-state index is -1.93. The number of fused-ring (bicyclic) bond motifs is 5. The van der Waals surface area contributed by atoms with Gasteiger partial charge < -0.3 is 33.8 Å². The summed E-state index contributed by atoms with van der Waals surface area (Å²) in [5.74, 6) is 1.38. The van der Waals surface area contributed by atoms with Crippen molar-refractivity contribution in [2.45, 2.75) is 23.7 Å². The highest BCUT2D eigenvalue weighted by Gasteiger charge is 2.73. The van der Waals surface area contributed by atoms with Gasteiger partial charge in [0.15, 0.2) is 11.2 Å². The Balaban J connectivity index is 1.78. The van der Waals surface area contributed by atoms with E-state index >= 15 is 0 Å². The van der Waals surface area contributed by atoms with Gasteiger partial charge in [-0.15, -0.1) is 0 Å². The number of aromatic nitrogens is 2. The summed E-state index contributed by atoms with van der Waals surface area (Å²) in [6, 6.07) is 20.2. The highest BCUT2D eigenvalue weighted by molar-refractivity contribution is 5.68. The van der Waals surface area contributed by atoms with Crippen molar-refractivity contribution in [3.63, 3.8) is 0 Å². The number of nitrogens with zero attached hydrogens (tertiary/aromatic N) is 1. The van der Waals surface area contributed by atoms with E-state index in [9.17, 15) is 9.90 Å². The minimum Gasteiger partial charge on any atom is -0.497 e. The van der Waals surface area contributed by atoms with Gasteiger partial charge in [0.25, 0.3) is 5.56 Å². The number of ether oxygens (including phenoxy) is 5. The van der Waals surface area contributed by atoms with Crippen LogP contribution in [0.1, 0.15) is 39.7 Å². The lowest BCUT2D eigenvalue weighted by molar-refractivity contribution is -0.0911. The number of aliphatic hydroxyl groups is 1. The number of methoxy groups -OCH3 is 4. The van der Waals surface area contributed by atoms with Crippen LogP contribution in [0.2, 0.25) is 0 Å². The first-order valence-corrected chi connectivity index (χ1v) is 12.4. The topological polar surface area (TPSA) is 112 Å². The molecule has 2 N–H and O–H groups in total. The van der Waals surface area contributed by atoms with E-state index in [0.29, 0.717) is 39.7 Å². The summed E-state index contributed by atoms with van der Waals surface area (Å²) in [5, 5.41) is 13.2. The maximum absolute atomic E-state index is 13.8. The Kier molecular flexibility index (Phi) is 5.85. The Morgan fingerprint density at radius 2 is 1.67 bits per heavy atom. The zero-order valence-electron chi connectivity index (χ0n) is 22.0. The van der Waals surface area contributed by atoms with Gasteiger partial charge in [-0.2, -0.15) is 0 Å². The molecule has 1 aliphatic heterocycles. The van der Waals surface area contributed by atoms with Gasteiger partial charge in [-0.1, -0.05) is 42.5 Å². The fourth-order valence-corrected chi connectivity index (χ4v) is 6.08. The number of hydrogen-bond acceptors (Lipinski definition) is 8. The van der Waals surface area contributed by atoms with Gasteiger partial charge in [0, 0.05) is 24.8 Å². The number of hydrogen-bond donors (Lipinski definition) is 2. The van der Waals surface area contributed by atoms with Gasteiger partial charge in [-0.05, 0) is 17.7 Å². The Hall–Kier alpha value is -4.34. The van der Waals surface area contributed by atoms with Crippen LogP contribution in [-0.4, -0.2) is 43.5 Å². The van der Waals surface area contributed by atoms with Gasteiger partial charge >= 0.3 is 0 Å². The number of aromatic amines is 1. The summed E-state index contributed by atoms with van der Waals surface area (Å²) >= 11 is 0. The molecule has 3 aromatic carbocycles. The van der Waals surface area contributed by atoms with Crippen LogP contribution < -0.4 is 24.5 Å². The molecule has 0 spiro atoms. The summed E-state index contributed by atoms with van der Waals surface area (Å²) in [7, 11) is 6.16. The van der Waals surface area contributed by atoms with E-state index in [1.165, 1.54) is 14.2 Å². The Labute approximate surface area is 224 Å². The molecule has 0 fully saturated rings. The molecule has 4 aromatic rings. The lowest BCUT2D eigenvalue weighted by Gasteiger charge is -2.40. The predicted molar refractivity (Wildman–Crippen MR) is 142 cm³/mol. The third-order valence-corrected chi connectivity index (χ3v) is 7.64. The normalized spacial score (nSPS) is 22.4. The monoisotopic (exact) mass is 528 g/mol. The fourth-order valence-electron chi connectivity index (χ4n) is 6.08. The molecule has 39 heavy (non-hydrogen) atoms. The molecule has 0 saturated heterocycles. The minimum absolute atomic E-state index is 0.0532. The van der Waals surface area contributed by atoms with E-state index < -0.39 is 17.1 Å². The second-order valence-electron chi connectivity index (χ2n) is 9.53. The van der Waals surface area contributed by atoms with Crippen molar-refractivity contribution >= 4 is 0 Å². The number of rotatable bonds is 7. The summed E-state index contributed by atoms with van der Waals surface area (Å²) in [6.45, 7) is 0.0532. The molecule has 3 atom stereocenters. The van der Waals surface area contributed by atoms with Crippen LogP contribution in [0.3, 0.4) is 0 Å². The van der Waals surface area contributed by atoms with Crippen LogP contribution in [0.15, 0.2) is 71.5 Å². The first kappa shape index (κ1) is 25.0. The summed E-state index contributed by atoms with van der Waals surface area (Å²) in [6.07, 6.45) is 0. The summed E-state index contributed by atoms with van der Waals surface area (Å²) in [5.41, 5.74) is -1.58. The molecular weight excluding hydrogens is 500 g/mol. The van der Waals surface area contributed by atoms with E-state index in [-0.39, 0.29) is 23.7 Å². The smallest absolute Gasteiger partial charge is 0.255 e. The van der Waals surface area contributed by atoms with Crippen LogP contribution in [0.5, 0.6) is 23.0 Å². The van der Waals surface area contributed by atoms with E-state index in [1.807, 2.05) is 42.5 Å². The van der Waals surface area contributed by atoms with Crippen molar-refractivity contribution in [1.82, 2.24) is 9.97 Å². The molecule has 9 heteroatoms. The van der Waals surface area contributed by atoms with Crippen LogP contribution in [0, 0.1) is 0 Å². The van der Waals surface area contributed by atoms with Crippen LogP contribution in [0.4, 0.5) is 0 Å². The highest BCUT2D eigenvalue weighted by atomic mass is 16.5. The number of nitrogens with one attached hydrogen (secondary N) is 1. The van der Waals surface area contributed by atoms with E-state index in [2.05, 4.69) is 4.98 Å². The fraction of sp³-hybridized carbons (Fsp3) is 0.267. The third-order valence-electron chi connectivity index (χ3n) is 7.64.